The minimum Gasteiger partial charge on any atom is -0.481 e. The van der Waals surface area contributed by atoms with E-state index in [1.165, 1.54) is 40.3 Å². The summed E-state index contributed by atoms with van der Waals surface area (Å²) in [6.07, 6.45) is 8.47. The van der Waals surface area contributed by atoms with E-state index < -0.39 is 90.5 Å². The Morgan fingerprint density at radius 1 is 0.871 bits per heavy atom. The molecule has 5 rings (SSSR count). The van der Waals surface area contributed by atoms with Gasteiger partial charge in [-0.1, -0.05) is 45.9 Å². The van der Waals surface area contributed by atoms with Crippen molar-refractivity contribution >= 4 is 85.5 Å². The van der Waals surface area contributed by atoms with Crippen LogP contribution in [0.15, 0.2) is 67.3 Å². The third kappa shape index (κ3) is 13.2. The Balaban J connectivity index is 1.31. The summed E-state index contributed by atoms with van der Waals surface area (Å²) in [5, 5.41) is 23.2. The van der Waals surface area contributed by atoms with Crippen LogP contribution in [0.2, 0.25) is 0 Å². The summed E-state index contributed by atoms with van der Waals surface area (Å²) in [5.74, 6) is -6.29. The van der Waals surface area contributed by atoms with Crippen LogP contribution in [0.4, 0.5) is 0 Å². The molecule has 1 saturated heterocycles. The smallest absolute Gasteiger partial charge is 0.305 e. The van der Waals surface area contributed by atoms with Gasteiger partial charge < -0.3 is 47.3 Å². The quantitative estimate of drug-likeness (QED) is 0.0571. The Bertz CT molecular complexity index is 2270. The minimum atomic E-state index is -1.65. The van der Waals surface area contributed by atoms with Crippen LogP contribution < -0.4 is 36.9 Å². The number of primary amides is 1. The van der Waals surface area contributed by atoms with Gasteiger partial charge in [0.2, 0.25) is 41.4 Å². The second-order valence-electron chi connectivity index (χ2n) is 14.9. The van der Waals surface area contributed by atoms with Crippen LogP contribution in [0, 0.1) is 0 Å². The third-order valence-electron chi connectivity index (χ3n) is 10.4. The number of hydrogen-bond acceptors (Lipinski definition) is 10. The highest BCUT2D eigenvalue weighted by Gasteiger charge is 2.34. The molecular formula is C41H53N10O9S2+. The van der Waals surface area contributed by atoms with Gasteiger partial charge in [0.15, 0.2) is 0 Å². The molecule has 1 fully saturated rings. The fourth-order valence-corrected chi connectivity index (χ4v) is 9.12. The molecule has 1 aliphatic rings. The summed E-state index contributed by atoms with van der Waals surface area (Å²) < 4.78 is 4.04. The number of hydrogen-bond donors (Lipinski definition) is 8. The molecule has 1 aromatic carbocycles. The highest BCUT2D eigenvalue weighted by molar-refractivity contribution is 8.76. The Labute approximate surface area is 365 Å². The zero-order valence-electron chi connectivity index (χ0n) is 34.5. The van der Waals surface area contributed by atoms with Crippen molar-refractivity contribution in [1.29, 1.82) is 0 Å². The first-order valence-corrected chi connectivity index (χ1v) is 22.7. The van der Waals surface area contributed by atoms with E-state index in [0.29, 0.717) is 25.8 Å². The lowest BCUT2D eigenvalue weighted by atomic mass is 10.1. The van der Waals surface area contributed by atoms with E-state index >= 15 is 0 Å². The zero-order valence-corrected chi connectivity index (χ0v) is 36.1. The topological polar surface area (TPSA) is 270 Å². The number of aromatic amines is 1. The van der Waals surface area contributed by atoms with Crippen LogP contribution in [0.3, 0.4) is 0 Å². The second kappa shape index (κ2) is 22.7. The van der Waals surface area contributed by atoms with E-state index in [0.717, 1.165) is 22.1 Å². The summed E-state index contributed by atoms with van der Waals surface area (Å²) in [4.78, 5) is 110. The number of aromatic nitrogens is 3. The molecule has 9 N–H and O–H groups in total. The summed E-state index contributed by atoms with van der Waals surface area (Å²) >= 11 is 0. The molecule has 0 saturated carbocycles. The molecule has 0 spiro atoms. The predicted molar refractivity (Wildman–Crippen MR) is 232 cm³/mol. The molecule has 1 aliphatic heterocycles. The maximum absolute atomic E-state index is 14.1. The van der Waals surface area contributed by atoms with Gasteiger partial charge in [-0.3, -0.25) is 38.4 Å². The van der Waals surface area contributed by atoms with Crippen molar-refractivity contribution in [3.05, 3.63) is 72.8 Å². The highest BCUT2D eigenvalue weighted by atomic mass is 33.1. The maximum Gasteiger partial charge on any atom is 0.305 e. The molecule has 0 bridgehead atoms. The number of benzene rings is 1. The Morgan fingerprint density at radius 3 is 2.40 bits per heavy atom. The van der Waals surface area contributed by atoms with Crippen molar-refractivity contribution in [2.24, 2.45) is 5.73 Å². The average molecular weight is 894 g/mol. The van der Waals surface area contributed by atoms with Crippen LogP contribution in [-0.4, -0.2) is 122 Å². The van der Waals surface area contributed by atoms with E-state index in [1.807, 2.05) is 65.5 Å². The standard InChI is InChI=1S/C41H52N10O9S2/c1-25-41(60)51(17-13-27-22-43-29-10-4-3-9-28(27)29)26(2)38(57)48-32(37(42)56)24-62-61-20-14-33(52)46-30(11-5-7-15-49-18-19-50-16-8-6-12-35(49)50)39(58)44-23-34(53)47-31(21-36(54)55)40(59)45-25/h3-4,6,8-10,12,16,18-19,22,25-26,30-32,43H,5,7,11,13-15,17,20-21,23-24H2,1-2H3,(H7-,42,44,45,46,47,48,52,53,54,55,56,57,58,59)/p+1/t25-,26-,30-,31?,32?/m0/s1. The van der Waals surface area contributed by atoms with E-state index in [-0.39, 0.29) is 30.9 Å². The number of aryl methyl sites for hydroxylation is 1. The van der Waals surface area contributed by atoms with Gasteiger partial charge in [0.1, 0.15) is 42.6 Å². The van der Waals surface area contributed by atoms with Crippen molar-refractivity contribution < 1.29 is 48.0 Å². The largest absolute Gasteiger partial charge is 0.481 e. The number of amides is 7. The van der Waals surface area contributed by atoms with Crippen molar-refractivity contribution in [3.8, 4) is 0 Å². The number of carboxylic acid groups (broad SMARTS) is 1. The molecule has 332 valence electrons. The molecule has 7 amide bonds. The van der Waals surface area contributed by atoms with E-state index in [1.54, 1.807) is 6.20 Å². The van der Waals surface area contributed by atoms with Crippen LogP contribution in [0.5, 0.6) is 0 Å². The van der Waals surface area contributed by atoms with Crippen molar-refractivity contribution in [2.75, 3.05) is 24.6 Å². The molecule has 3 aromatic heterocycles. The normalized spacial score (nSPS) is 22.0. The Morgan fingerprint density at radius 2 is 1.63 bits per heavy atom. The number of carbonyl (C=O) groups is 8. The summed E-state index contributed by atoms with van der Waals surface area (Å²) in [7, 11) is 2.47. The molecule has 21 heteroatoms. The first-order valence-electron chi connectivity index (χ1n) is 20.2. The first kappa shape index (κ1) is 47.0. The zero-order chi connectivity index (χ0) is 44.8. The number of imidazole rings is 1. The number of nitrogens with one attached hydrogen (secondary N) is 6. The number of nitrogens with zero attached hydrogens (tertiary/aromatic N) is 3. The minimum absolute atomic E-state index is 0.00282. The molecule has 19 nitrogen and oxygen atoms in total. The lowest BCUT2D eigenvalue weighted by Crippen LogP contribution is -2.59. The number of rotatable bonds is 11. The molecular weight excluding hydrogens is 841 g/mol. The monoisotopic (exact) mass is 893 g/mol. The Hall–Kier alpha value is -6.09. The van der Waals surface area contributed by atoms with Gasteiger partial charge >= 0.3 is 5.97 Å². The highest BCUT2D eigenvalue weighted by Crippen LogP contribution is 2.23. The molecule has 2 unspecified atom stereocenters. The molecule has 4 heterocycles. The van der Waals surface area contributed by atoms with Gasteiger partial charge in [-0.05, 0) is 57.2 Å². The number of carboxylic acids is 1. The summed E-state index contributed by atoms with van der Waals surface area (Å²) in [6.45, 7) is 2.83. The average Bonchev–Trinajstić information content (AvgIpc) is 3.86. The van der Waals surface area contributed by atoms with Gasteiger partial charge in [-0.15, -0.1) is 0 Å². The van der Waals surface area contributed by atoms with Gasteiger partial charge in [-0.2, -0.15) is 0 Å². The van der Waals surface area contributed by atoms with Crippen molar-refractivity contribution in [2.45, 2.75) is 89.1 Å². The van der Waals surface area contributed by atoms with Gasteiger partial charge in [0, 0.05) is 47.6 Å². The predicted octanol–water partition coefficient (Wildman–Crippen LogP) is 0.159. The van der Waals surface area contributed by atoms with Crippen molar-refractivity contribution in [1.82, 2.24) is 40.9 Å². The lowest BCUT2D eigenvalue weighted by molar-refractivity contribution is -0.671. The van der Waals surface area contributed by atoms with E-state index in [9.17, 15) is 43.5 Å². The SMILES string of the molecule is C[C@@H]1NC(=O)C(CC(=O)O)NC(=O)CNC(=O)[C@H](CCCC[n+]2ccn3ccccc32)NC(=O)CCSSCC(C(N)=O)NC(=O)[C@H](C)N(CCc2c[nH]c3ccccc23)C1=O. The third-order valence-corrected chi connectivity index (χ3v) is 12.8. The van der Waals surface area contributed by atoms with Gasteiger partial charge in [0.25, 0.3) is 5.65 Å². The maximum atomic E-state index is 14.1. The number of pyridine rings is 1. The molecule has 4 aromatic rings. The summed E-state index contributed by atoms with van der Waals surface area (Å²) in [6, 6.07) is 7.07. The molecule has 5 atom stereocenters. The van der Waals surface area contributed by atoms with Gasteiger partial charge in [0.05, 0.1) is 25.7 Å². The van der Waals surface area contributed by atoms with E-state index in [2.05, 4.69) is 36.1 Å². The van der Waals surface area contributed by atoms with Crippen LogP contribution in [0.1, 0.15) is 51.5 Å². The second-order valence-corrected chi connectivity index (χ2v) is 17.5. The van der Waals surface area contributed by atoms with Crippen LogP contribution in [0.25, 0.3) is 16.6 Å². The lowest BCUT2D eigenvalue weighted by Gasteiger charge is -2.32. The van der Waals surface area contributed by atoms with Crippen LogP contribution in [-0.2, 0) is 51.3 Å². The summed E-state index contributed by atoms with van der Waals surface area (Å²) in [5.41, 5.74) is 8.37. The Kier molecular flexibility index (Phi) is 17.2. The number of unbranched alkanes of at least 4 members (excludes halogenated alkanes) is 1. The number of H-pyrrole nitrogens is 1. The molecule has 0 radical (unpaired) electrons. The fraction of sp³-hybridized carbons (Fsp3) is 0.439. The fourth-order valence-electron chi connectivity index (χ4n) is 6.96. The number of carbonyl (C=O) groups excluding carboxylic acids is 7. The molecule has 0 aliphatic carbocycles. The first-order chi connectivity index (χ1) is 29.7. The number of aliphatic carboxylic acids is 1. The number of para-hydroxylation sites is 1. The van der Waals surface area contributed by atoms with Crippen molar-refractivity contribution in [3.63, 3.8) is 0 Å². The molecule has 62 heavy (non-hydrogen) atoms. The number of fused-ring (bicyclic) bond motifs is 2. The van der Waals surface area contributed by atoms with Crippen LogP contribution >= 0.6 is 21.6 Å². The van der Waals surface area contributed by atoms with E-state index in [4.69, 9.17) is 5.73 Å². The number of nitrogens with two attached hydrogens (primary N) is 1. The van der Waals surface area contributed by atoms with Gasteiger partial charge in [-0.25, -0.2) is 8.97 Å².